The van der Waals surface area contributed by atoms with E-state index < -0.39 is 0 Å². The second kappa shape index (κ2) is 3.69. The lowest BCUT2D eigenvalue weighted by Crippen LogP contribution is -2.37. The van der Waals surface area contributed by atoms with Crippen molar-refractivity contribution in [2.24, 2.45) is 16.7 Å². The summed E-state index contributed by atoms with van der Waals surface area (Å²) in [5, 5.41) is 0. The predicted molar refractivity (Wildman–Crippen MR) is 73.4 cm³/mol. The van der Waals surface area contributed by atoms with Crippen LogP contribution >= 0.6 is 0 Å². The van der Waals surface area contributed by atoms with Gasteiger partial charge in [0.2, 0.25) is 0 Å². The Labute approximate surface area is 110 Å². The number of aryl methyl sites for hydroxylation is 1. The Morgan fingerprint density at radius 1 is 1.22 bits per heavy atom. The second-order valence-corrected chi connectivity index (χ2v) is 6.83. The minimum absolute atomic E-state index is 0.0765. The normalized spacial score (nSPS) is 33.1. The standard InChI is InChI=1S/C17H22O/c1-12-4-6-13(7-5-12)11-17-9-8-14(10-15(17)18)16(17,2)3/h4-7,14H,8-11H2,1-3H3. The average Bonchev–Trinajstić information content (AvgIpc) is 2.66. The molecule has 0 saturated heterocycles. The van der Waals surface area contributed by atoms with E-state index in [4.69, 9.17) is 0 Å². The Morgan fingerprint density at radius 3 is 2.39 bits per heavy atom. The van der Waals surface area contributed by atoms with Crippen LogP contribution in [0.1, 0.15) is 44.2 Å². The van der Waals surface area contributed by atoms with Crippen molar-refractivity contribution in [3.05, 3.63) is 35.4 Å². The summed E-state index contributed by atoms with van der Waals surface area (Å²) < 4.78 is 0. The van der Waals surface area contributed by atoms with Crippen LogP contribution in [0.15, 0.2) is 24.3 Å². The first kappa shape index (κ1) is 12.0. The minimum atomic E-state index is -0.0765. The first-order valence-electron chi connectivity index (χ1n) is 7.04. The van der Waals surface area contributed by atoms with Crippen molar-refractivity contribution in [1.82, 2.24) is 0 Å². The molecular formula is C17H22O. The number of fused-ring (bicyclic) bond motifs is 2. The van der Waals surface area contributed by atoms with Gasteiger partial charge in [0.1, 0.15) is 5.78 Å². The van der Waals surface area contributed by atoms with Gasteiger partial charge in [-0.3, -0.25) is 4.79 Å². The van der Waals surface area contributed by atoms with Gasteiger partial charge in [0.15, 0.2) is 0 Å². The van der Waals surface area contributed by atoms with E-state index in [1.807, 2.05) is 0 Å². The smallest absolute Gasteiger partial charge is 0.140 e. The van der Waals surface area contributed by atoms with Gasteiger partial charge in [0.05, 0.1) is 0 Å². The average molecular weight is 242 g/mol. The van der Waals surface area contributed by atoms with Crippen LogP contribution in [0.3, 0.4) is 0 Å². The third-order valence-corrected chi connectivity index (χ3v) is 5.77. The highest BCUT2D eigenvalue weighted by Gasteiger charge is 2.63. The lowest BCUT2D eigenvalue weighted by Gasteiger charge is -2.36. The molecule has 96 valence electrons. The molecule has 0 N–H and O–H groups in total. The van der Waals surface area contributed by atoms with Crippen LogP contribution < -0.4 is 0 Å². The maximum atomic E-state index is 12.4. The van der Waals surface area contributed by atoms with E-state index in [1.165, 1.54) is 17.5 Å². The van der Waals surface area contributed by atoms with E-state index in [-0.39, 0.29) is 10.8 Å². The maximum Gasteiger partial charge on any atom is 0.140 e. The fourth-order valence-electron chi connectivity index (χ4n) is 4.24. The topological polar surface area (TPSA) is 17.1 Å². The number of carbonyl (C=O) groups is 1. The van der Waals surface area contributed by atoms with E-state index in [2.05, 4.69) is 45.0 Å². The monoisotopic (exact) mass is 242 g/mol. The van der Waals surface area contributed by atoms with Crippen molar-refractivity contribution in [2.45, 2.75) is 46.5 Å². The first-order chi connectivity index (χ1) is 8.46. The molecule has 2 unspecified atom stereocenters. The number of carbonyl (C=O) groups excluding carboxylic acids is 1. The molecule has 2 saturated carbocycles. The van der Waals surface area contributed by atoms with Crippen LogP contribution in [-0.4, -0.2) is 5.78 Å². The highest BCUT2D eigenvalue weighted by Crippen LogP contribution is 2.64. The molecule has 0 aromatic heterocycles. The summed E-state index contributed by atoms with van der Waals surface area (Å²) in [7, 11) is 0. The Balaban J connectivity index is 1.95. The Bertz CT molecular complexity index is 483. The molecule has 1 nitrogen and oxygen atoms in total. The summed E-state index contributed by atoms with van der Waals surface area (Å²) >= 11 is 0. The number of Topliss-reactive ketones (excluding diaryl/α,β-unsaturated/α-hetero) is 1. The third-order valence-electron chi connectivity index (χ3n) is 5.77. The van der Waals surface area contributed by atoms with Crippen molar-refractivity contribution < 1.29 is 4.79 Å². The van der Waals surface area contributed by atoms with Gasteiger partial charge in [-0.1, -0.05) is 43.7 Å². The van der Waals surface area contributed by atoms with Crippen molar-refractivity contribution >= 4 is 5.78 Å². The molecule has 2 atom stereocenters. The lowest BCUT2D eigenvalue weighted by atomic mass is 9.66. The summed E-state index contributed by atoms with van der Waals surface area (Å²) in [6.07, 6.45) is 4.09. The lowest BCUT2D eigenvalue weighted by molar-refractivity contribution is -0.129. The van der Waals surface area contributed by atoms with Crippen LogP contribution in [0.25, 0.3) is 0 Å². The number of hydrogen-bond donors (Lipinski definition) is 0. The first-order valence-corrected chi connectivity index (χ1v) is 7.04. The fraction of sp³-hybridized carbons (Fsp3) is 0.588. The van der Waals surface area contributed by atoms with E-state index >= 15 is 0 Å². The van der Waals surface area contributed by atoms with Crippen molar-refractivity contribution in [1.29, 1.82) is 0 Å². The second-order valence-electron chi connectivity index (χ2n) is 6.83. The third kappa shape index (κ3) is 1.43. The molecule has 2 fully saturated rings. The van der Waals surface area contributed by atoms with Gasteiger partial charge >= 0.3 is 0 Å². The Morgan fingerprint density at radius 2 is 1.89 bits per heavy atom. The molecule has 0 radical (unpaired) electrons. The summed E-state index contributed by atoms with van der Waals surface area (Å²) in [4.78, 5) is 12.4. The van der Waals surface area contributed by atoms with Crippen LogP contribution in [0, 0.1) is 23.7 Å². The molecule has 0 heterocycles. The Hall–Kier alpha value is -1.11. The van der Waals surface area contributed by atoms with Gasteiger partial charge in [0, 0.05) is 11.8 Å². The molecule has 1 aromatic rings. The highest BCUT2D eigenvalue weighted by atomic mass is 16.1. The highest BCUT2D eigenvalue weighted by molar-refractivity contribution is 5.90. The van der Waals surface area contributed by atoms with Crippen LogP contribution in [-0.2, 0) is 11.2 Å². The summed E-state index contributed by atoms with van der Waals surface area (Å²) in [5.41, 5.74) is 2.73. The molecule has 0 amide bonds. The molecule has 0 aliphatic heterocycles. The molecule has 18 heavy (non-hydrogen) atoms. The van der Waals surface area contributed by atoms with E-state index in [0.29, 0.717) is 11.7 Å². The number of benzene rings is 1. The van der Waals surface area contributed by atoms with Gasteiger partial charge in [-0.25, -0.2) is 0 Å². The van der Waals surface area contributed by atoms with E-state index in [1.54, 1.807) is 0 Å². The van der Waals surface area contributed by atoms with E-state index in [0.717, 1.165) is 19.3 Å². The summed E-state index contributed by atoms with van der Waals surface area (Å²) in [5.74, 6) is 1.14. The van der Waals surface area contributed by atoms with Gasteiger partial charge in [0.25, 0.3) is 0 Å². The van der Waals surface area contributed by atoms with Crippen molar-refractivity contribution in [3.63, 3.8) is 0 Å². The number of rotatable bonds is 2. The Kier molecular flexibility index (Phi) is 2.45. The zero-order chi connectivity index (χ0) is 13.0. The largest absolute Gasteiger partial charge is 0.299 e. The van der Waals surface area contributed by atoms with Gasteiger partial charge in [-0.15, -0.1) is 0 Å². The van der Waals surface area contributed by atoms with Crippen molar-refractivity contribution in [3.8, 4) is 0 Å². The SMILES string of the molecule is Cc1ccc(CC23CCC(CC2=O)C3(C)C)cc1. The quantitative estimate of drug-likeness (QED) is 0.768. The van der Waals surface area contributed by atoms with Crippen molar-refractivity contribution in [2.75, 3.05) is 0 Å². The molecule has 2 aliphatic carbocycles. The number of ketones is 1. The van der Waals surface area contributed by atoms with Crippen LogP contribution in [0.2, 0.25) is 0 Å². The minimum Gasteiger partial charge on any atom is -0.299 e. The number of hydrogen-bond acceptors (Lipinski definition) is 1. The van der Waals surface area contributed by atoms with Gasteiger partial charge in [-0.2, -0.15) is 0 Å². The molecule has 1 aromatic carbocycles. The maximum absolute atomic E-state index is 12.4. The fourth-order valence-corrected chi connectivity index (χ4v) is 4.24. The molecule has 3 rings (SSSR count). The predicted octanol–water partition coefficient (Wildman–Crippen LogP) is 3.93. The molecule has 1 heteroatoms. The van der Waals surface area contributed by atoms with Gasteiger partial charge < -0.3 is 0 Å². The van der Waals surface area contributed by atoms with E-state index in [9.17, 15) is 4.79 Å². The zero-order valence-corrected chi connectivity index (χ0v) is 11.6. The molecule has 2 aliphatic rings. The summed E-state index contributed by atoms with van der Waals surface area (Å²) in [6, 6.07) is 8.70. The molecule has 2 bridgehead atoms. The summed E-state index contributed by atoms with van der Waals surface area (Å²) in [6.45, 7) is 6.73. The van der Waals surface area contributed by atoms with Crippen LogP contribution in [0.5, 0.6) is 0 Å². The van der Waals surface area contributed by atoms with Gasteiger partial charge in [-0.05, 0) is 43.1 Å². The zero-order valence-electron chi connectivity index (χ0n) is 11.6. The molecule has 0 spiro atoms. The molecular weight excluding hydrogens is 220 g/mol. The van der Waals surface area contributed by atoms with Crippen LogP contribution in [0.4, 0.5) is 0 Å².